The maximum absolute atomic E-state index is 12.9. The summed E-state index contributed by atoms with van der Waals surface area (Å²) < 4.78 is 0. The molecule has 3 rings (SSSR count). The third-order valence-corrected chi connectivity index (χ3v) is 7.09. The molecule has 146 valence electrons. The molecule has 0 spiro atoms. The van der Waals surface area contributed by atoms with E-state index in [-0.39, 0.29) is 5.91 Å². The number of carboxylic acid groups (broad SMARTS) is 1. The van der Waals surface area contributed by atoms with E-state index in [0.717, 1.165) is 40.8 Å². The Morgan fingerprint density at radius 2 is 1.74 bits per heavy atom. The molecule has 0 aliphatic heterocycles. The maximum atomic E-state index is 12.9. The van der Waals surface area contributed by atoms with Gasteiger partial charge in [-0.05, 0) is 57.4 Å². The van der Waals surface area contributed by atoms with Gasteiger partial charge < -0.3 is 16.2 Å². The SMILES string of the molecule is CC1=C(C)CC(C(=O)Nc2sc3c(c2C(N)=O)CCC(C)C3)C(C(=O)O)C1. The predicted molar refractivity (Wildman–Crippen MR) is 105 cm³/mol. The molecular weight excluding hydrogens is 364 g/mol. The molecule has 0 fully saturated rings. The van der Waals surface area contributed by atoms with Crippen LogP contribution >= 0.6 is 11.3 Å². The minimum Gasteiger partial charge on any atom is -0.481 e. The highest BCUT2D eigenvalue weighted by Gasteiger charge is 2.38. The zero-order valence-corrected chi connectivity index (χ0v) is 16.7. The van der Waals surface area contributed by atoms with Gasteiger partial charge in [-0.15, -0.1) is 11.3 Å². The summed E-state index contributed by atoms with van der Waals surface area (Å²) in [4.78, 5) is 37.8. The van der Waals surface area contributed by atoms with Crippen molar-refractivity contribution in [3.05, 3.63) is 27.2 Å². The molecule has 0 saturated heterocycles. The van der Waals surface area contributed by atoms with E-state index >= 15 is 0 Å². The molecule has 0 saturated carbocycles. The van der Waals surface area contributed by atoms with Crippen LogP contribution in [0, 0.1) is 17.8 Å². The van der Waals surface area contributed by atoms with Crippen LogP contribution in [0.1, 0.15) is 60.8 Å². The smallest absolute Gasteiger partial charge is 0.307 e. The van der Waals surface area contributed by atoms with Crippen LogP contribution in [-0.4, -0.2) is 22.9 Å². The first-order chi connectivity index (χ1) is 12.7. The van der Waals surface area contributed by atoms with Gasteiger partial charge in [0.2, 0.25) is 5.91 Å². The van der Waals surface area contributed by atoms with Gasteiger partial charge in [-0.1, -0.05) is 18.1 Å². The molecule has 1 aromatic rings. The standard InChI is InChI=1S/C20H26N2O4S/c1-9-4-5-12-15(6-9)27-19(16(12)17(21)23)22-18(24)13-7-10(2)11(3)8-14(13)20(25)26/h9,13-14H,4-8H2,1-3H3,(H2,21,23)(H,22,24)(H,25,26). The fraction of sp³-hybridized carbons (Fsp3) is 0.550. The second-order valence-corrected chi connectivity index (χ2v) is 9.03. The van der Waals surface area contributed by atoms with Crippen molar-refractivity contribution in [2.75, 3.05) is 5.32 Å². The first-order valence-corrected chi connectivity index (χ1v) is 10.1. The van der Waals surface area contributed by atoms with Gasteiger partial charge in [0.25, 0.3) is 5.91 Å². The number of hydrogen-bond acceptors (Lipinski definition) is 4. The number of aliphatic carboxylic acids is 1. The van der Waals surface area contributed by atoms with E-state index in [1.54, 1.807) is 0 Å². The average Bonchev–Trinajstić information content (AvgIpc) is 2.93. The normalized spacial score (nSPS) is 25.1. The number of amides is 2. The van der Waals surface area contributed by atoms with Crippen molar-refractivity contribution < 1.29 is 19.5 Å². The number of nitrogens with one attached hydrogen (secondary N) is 1. The van der Waals surface area contributed by atoms with Crippen LogP contribution in [0.25, 0.3) is 0 Å². The van der Waals surface area contributed by atoms with Crippen molar-refractivity contribution in [3.8, 4) is 0 Å². The summed E-state index contributed by atoms with van der Waals surface area (Å²) >= 11 is 1.41. The second kappa shape index (κ2) is 7.46. The van der Waals surface area contributed by atoms with Crippen LogP contribution in [0.4, 0.5) is 5.00 Å². The molecule has 0 radical (unpaired) electrons. The Balaban J connectivity index is 1.89. The number of primary amides is 1. The van der Waals surface area contributed by atoms with Crippen molar-refractivity contribution in [1.29, 1.82) is 0 Å². The van der Waals surface area contributed by atoms with Crippen LogP contribution in [-0.2, 0) is 22.4 Å². The Morgan fingerprint density at radius 1 is 1.11 bits per heavy atom. The minimum atomic E-state index is -0.962. The lowest BCUT2D eigenvalue weighted by molar-refractivity contribution is -0.146. The summed E-state index contributed by atoms with van der Waals surface area (Å²) in [5.74, 6) is -2.71. The van der Waals surface area contributed by atoms with Gasteiger partial charge in [-0.3, -0.25) is 14.4 Å². The molecule has 2 aliphatic rings. The van der Waals surface area contributed by atoms with Gasteiger partial charge in [-0.25, -0.2) is 0 Å². The van der Waals surface area contributed by atoms with E-state index in [1.165, 1.54) is 11.3 Å². The predicted octanol–water partition coefficient (Wildman–Crippen LogP) is 3.36. The highest BCUT2D eigenvalue weighted by Crippen LogP contribution is 2.41. The summed E-state index contributed by atoms with van der Waals surface area (Å²) in [6, 6.07) is 0. The van der Waals surface area contributed by atoms with Gasteiger partial charge in [0.15, 0.2) is 0 Å². The van der Waals surface area contributed by atoms with E-state index in [9.17, 15) is 19.5 Å². The Kier molecular flexibility index (Phi) is 5.42. The van der Waals surface area contributed by atoms with Crippen molar-refractivity contribution in [1.82, 2.24) is 0 Å². The molecule has 0 aromatic carbocycles. The number of thiophene rings is 1. The molecule has 2 amide bonds. The number of hydrogen-bond donors (Lipinski definition) is 3. The largest absolute Gasteiger partial charge is 0.481 e. The highest BCUT2D eigenvalue weighted by molar-refractivity contribution is 7.17. The first-order valence-electron chi connectivity index (χ1n) is 9.32. The zero-order valence-electron chi connectivity index (χ0n) is 15.9. The lowest BCUT2D eigenvalue weighted by Gasteiger charge is -2.29. The molecule has 6 nitrogen and oxygen atoms in total. The second-order valence-electron chi connectivity index (χ2n) is 7.93. The minimum absolute atomic E-state index is 0.344. The van der Waals surface area contributed by atoms with Crippen LogP contribution in [0.3, 0.4) is 0 Å². The summed E-state index contributed by atoms with van der Waals surface area (Å²) in [6.45, 7) is 6.02. The van der Waals surface area contributed by atoms with Crippen molar-refractivity contribution in [3.63, 3.8) is 0 Å². The number of carboxylic acids is 1. The lowest BCUT2D eigenvalue weighted by Crippen LogP contribution is -2.36. The summed E-state index contributed by atoms with van der Waals surface area (Å²) in [7, 11) is 0. The van der Waals surface area contributed by atoms with Crippen molar-refractivity contribution in [2.24, 2.45) is 23.5 Å². The fourth-order valence-electron chi connectivity index (χ4n) is 4.13. The molecule has 1 aromatic heterocycles. The Bertz CT molecular complexity index is 839. The van der Waals surface area contributed by atoms with Crippen LogP contribution in [0.15, 0.2) is 11.1 Å². The van der Waals surface area contributed by atoms with Crippen LogP contribution in [0.2, 0.25) is 0 Å². The van der Waals surface area contributed by atoms with E-state index in [0.29, 0.717) is 29.3 Å². The molecule has 4 N–H and O–H groups in total. The molecule has 0 bridgehead atoms. The van der Waals surface area contributed by atoms with Gasteiger partial charge in [0.1, 0.15) is 5.00 Å². The van der Waals surface area contributed by atoms with E-state index < -0.39 is 23.7 Å². The van der Waals surface area contributed by atoms with Gasteiger partial charge in [0, 0.05) is 4.88 Å². The Labute approximate surface area is 162 Å². The van der Waals surface area contributed by atoms with Gasteiger partial charge >= 0.3 is 5.97 Å². The van der Waals surface area contributed by atoms with E-state index in [4.69, 9.17) is 5.73 Å². The molecule has 3 unspecified atom stereocenters. The fourth-order valence-corrected chi connectivity index (χ4v) is 5.55. The molecular formula is C20H26N2O4S. The molecule has 2 aliphatic carbocycles. The first kappa shape index (κ1) is 19.6. The number of rotatable bonds is 4. The highest BCUT2D eigenvalue weighted by atomic mass is 32.1. The molecule has 1 heterocycles. The summed E-state index contributed by atoms with van der Waals surface area (Å²) in [5, 5.41) is 12.9. The Morgan fingerprint density at radius 3 is 2.33 bits per heavy atom. The number of carbonyl (C=O) groups excluding carboxylic acids is 2. The zero-order chi connectivity index (χ0) is 19.9. The van der Waals surface area contributed by atoms with Gasteiger partial charge in [0.05, 0.1) is 17.4 Å². The average molecular weight is 391 g/mol. The van der Waals surface area contributed by atoms with Crippen molar-refractivity contribution >= 4 is 34.1 Å². The third-order valence-electron chi connectivity index (χ3n) is 5.92. The van der Waals surface area contributed by atoms with E-state index in [1.807, 2.05) is 13.8 Å². The lowest BCUT2D eigenvalue weighted by atomic mass is 9.76. The Hall–Kier alpha value is -2.15. The molecule has 27 heavy (non-hydrogen) atoms. The number of fused-ring (bicyclic) bond motifs is 1. The molecule has 3 atom stereocenters. The summed E-state index contributed by atoms with van der Waals surface area (Å²) in [6.07, 6.45) is 3.44. The van der Waals surface area contributed by atoms with E-state index in [2.05, 4.69) is 12.2 Å². The number of nitrogens with two attached hydrogens (primary N) is 1. The number of allylic oxidation sites excluding steroid dienone is 2. The van der Waals surface area contributed by atoms with Crippen LogP contribution < -0.4 is 11.1 Å². The number of anilines is 1. The number of carbonyl (C=O) groups is 3. The maximum Gasteiger partial charge on any atom is 0.307 e. The van der Waals surface area contributed by atoms with Crippen LogP contribution in [0.5, 0.6) is 0 Å². The monoisotopic (exact) mass is 390 g/mol. The molecule has 7 heteroatoms. The quantitative estimate of drug-likeness (QED) is 0.685. The summed E-state index contributed by atoms with van der Waals surface area (Å²) in [5.41, 5.74) is 9.05. The van der Waals surface area contributed by atoms with Gasteiger partial charge in [-0.2, -0.15) is 0 Å². The third kappa shape index (κ3) is 3.78. The topological polar surface area (TPSA) is 109 Å². The van der Waals surface area contributed by atoms with Crippen molar-refractivity contribution in [2.45, 2.75) is 52.9 Å².